The smallest absolute Gasteiger partial charge is 0.452 e. The van der Waals surface area contributed by atoms with Crippen LogP contribution in [-0.2, 0) is 47.5 Å². The van der Waals surface area contributed by atoms with Crippen molar-refractivity contribution in [2.24, 2.45) is 41.4 Å². The Morgan fingerprint density at radius 2 is 1.61 bits per heavy atom. The summed E-state index contributed by atoms with van der Waals surface area (Å²) in [4.78, 5) is 40.4. The number of terminal acetylenes is 1. The molecule has 2 unspecified atom stereocenters. The van der Waals surface area contributed by atoms with E-state index in [-0.39, 0.29) is 61.0 Å². The molecule has 0 radical (unpaired) electrons. The van der Waals surface area contributed by atoms with Crippen molar-refractivity contribution >= 4 is 17.9 Å². The summed E-state index contributed by atoms with van der Waals surface area (Å²) in [7, 11) is 0. The van der Waals surface area contributed by atoms with Gasteiger partial charge in [0.25, 0.3) is 0 Å². The Bertz CT molecular complexity index is 1590. The summed E-state index contributed by atoms with van der Waals surface area (Å²) >= 11 is 0. The maximum absolute atomic E-state index is 14.7. The molecular weight excluding hydrogens is 785 g/mol. The average Bonchev–Trinajstić information content (AvgIpc) is 3.58. The Balaban J connectivity index is 1.36. The lowest BCUT2D eigenvalue weighted by Crippen LogP contribution is -2.63. The van der Waals surface area contributed by atoms with E-state index in [4.69, 9.17) is 44.3 Å². The zero-order valence-corrected chi connectivity index (χ0v) is 38.7. The van der Waals surface area contributed by atoms with Crippen molar-refractivity contribution in [1.29, 1.82) is 0 Å². The highest BCUT2D eigenvalue weighted by molar-refractivity contribution is 5.84. The second-order valence-electron chi connectivity index (χ2n) is 19.2. The van der Waals surface area contributed by atoms with Crippen LogP contribution in [0.1, 0.15) is 140 Å². The van der Waals surface area contributed by atoms with Gasteiger partial charge in [-0.1, -0.05) is 61.3 Å². The predicted octanol–water partition coefficient (Wildman–Crippen LogP) is 7.46. The van der Waals surface area contributed by atoms with Crippen LogP contribution in [0.2, 0.25) is 0 Å². The number of hydrogen-bond acceptors (Lipinski definition) is 13. The van der Waals surface area contributed by atoms with Gasteiger partial charge in [0.15, 0.2) is 18.5 Å². The molecule has 18 atom stereocenters. The highest BCUT2D eigenvalue weighted by atomic mass is 16.8. The quantitative estimate of drug-likeness (QED) is 0.0948. The van der Waals surface area contributed by atoms with Crippen LogP contribution in [0.3, 0.4) is 0 Å². The van der Waals surface area contributed by atoms with Crippen molar-refractivity contribution < 1.29 is 62.5 Å². The molecule has 346 valence electrons. The standard InChI is InChI=1S/C48H76O13/c1-13-26-55-43(51)34(14-2)36-19-18-28(6)41(57-36)32(10)39(49)31(9)40(50)35(15-3)42-29(7)27-30(8)47(59-42)23-21-38(58-44(52)54-17-5)48(61-47)25-24-45(12,60-48)37-20-22-46(53,16-4)33(11)56-37/h1,21,23,28-39,41-42,49,53H,14-20,22,24-27H2,2-12H3/t28-,29-,30+,31-,32-,33-,34+,35-,36?,37+,38-,39+,41+,42?,45-,46+,47-,48-/m0/s1. The summed E-state index contributed by atoms with van der Waals surface area (Å²) < 4.78 is 50.6. The van der Waals surface area contributed by atoms with Gasteiger partial charge in [-0.25, -0.2) is 4.79 Å². The highest BCUT2D eigenvalue weighted by Crippen LogP contribution is 2.54. The zero-order valence-electron chi connectivity index (χ0n) is 38.7. The summed E-state index contributed by atoms with van der Waals surface area (Å²) in [5, 5.41) is 23.1. The summed E-state index contributed by atoms with van der Waals surface area (Å²) in [5.74, 6) is -3.27. The van der Waals surface area contributed by atoms with Gasteiger partial charge >= 0.3 is 12.1 Å². The third-order valence-electron chi connectivity index (χ3n) is 15.2. The Hall–Kier alpha value is -2.57. The topological polar surface area (TPSA) is 166 Å². The lowest BCUT2D eigenvalue weighted by Gasteiger charge is -2.54. The van der Waals surface area contributed by atoms with Crippen molar-refractivity contribution in [2.45, 2.75) is 206 Å². The van der Waals surface area contributed by atoms with Crippen molar-refractivity contribution in [2.75, 3.05) is 13.2 Å². The van der Waals surface area contributed by atoms with Gasteiger partial charge in [0.1, 0.15) is 5.78 Å². The van der Waals surface area contributed by atoms with Crippen LogP contribution in [0, 0.1) is 53.8 Å². The van der Waals surface area contributed by atoms with Crippen LogP contribution in [0.15, 0.2) is 12.2 Å². The van der Waals surface area contributed by atoms with Crippen LogP contribution < -0.4 is 0 Å². The molecule has 5 aliphatic rings. The third-order valence-corrected chi connectivity index (χ3v) is 15.2. The van der Waals surface area contributed by atoms with Crippen molar-refractivity contribution in [3.8, 4) is 12.3 Å². The molecular formula is C48H76O13. The summed E-state index contributed by atoms with van der Waals surface area (Å²) in [6, 6.07) is 0. The molecule has 2 spiro atoms. The van der Waals surface area contributed by atoms with E-state index in [9.17, 15) is 24.6 Å². The Kier molecular flexibility index (Phi) is 16.3. The van der Waals surface area contributed by atoms with E-state index in [1.54, 1.807) is 26.0 Å². The minimum Gasteiger partial charge on any atom is -0.452 e. The van der Waals surface area contributed by atoms with Gasteiger partial charge in [0, 0.05) is 30.1 Å². The maximum Gasteiger partial charge on any atom is 0.509 e. The molecule has 5 aliphatic heterocycles. The van der Waals surface area contributed by atoms with E-state index < -0.39 is 77.0 Å². The van der Waals surface area contributed by atoms with E-state index in [0.29, 0.717) is 57.8 Å². The molecule has 13 heteroatoms. The van der Waals surface area contributed by atoms with Crippen LogP contribution in [0.25, 0.3) is 0 Å². The first-order valence-corrected chi connectivity index (χ1v) is 23.2. The normalized spacial score (nSPS) is 41.3. The Labute approximate surface area is 364 Å². The molecule has 0 aromatic carbocycles. The van der Waals surface area contributed by atoms with Crippen LogP contribution >= 0.6 is 0 Å². The van der Waals surface area contributed by atoms with Gasteiger partial charge in [-0.15, -0.1) is 6.42 Å². The summed E-state index contributed by atoms with van der Waals surface area (Å²) in [6.45, 7) is 21.4. The molecule has 0 amide bonds. The van der Waals surface area contributed by atoms with Gasteiger partial charge in [-0.3, -0.25) is 9.59 Å². The van der Waals surface area contributed by atoms with Gasteiger partial charge in [0.05, 0.1) is 60.4 Å². The SMILES string of the molecule is C#CCOC(=O)[C@H](CC)C1CC[C@H](C)[C@H]([C@@H](C)[C@H](O)[C@H](C)C(=O)[C@H](CC)C2O[C@]3(C=C[C@H](OC(=O)OCC)[C@]4(CC[C@@](C)([C@H]5CC[C@](O)(CC)[C@H](C)O5)O4)O3)[C@H](C)C[C@@H]2C)O1. The lowest BCUT2D eigenvalue weighted by molar-refractivity contribution is -0.408. The van der Waals surface area contributed by atoms with Gasteiger partial charge in [-0.05, 0) is 103 Å². The minimum absolute atomic E-state index is 0.0374. The molecule has 4 saturated heterocycles. The van der Waals surface area contributed by atoms with Crippen LogP contribution in [0.5, 0.6) is 0 Å². The first kappa shape index (κ1) is 49.4. The Morgan fingerprint density at radius 3 is 2.23 bits per heavy atom. The number of carbonyl (C=O) groups is 3. The van der Waals surface area contributed by atoms with Crippen molar-refractivity contribution in [3.05, 3.63) is 12.2 Å². The number of hydrogen-bond donors (Lipinski definition) is 2. The fourth-order valence-electron chi connectivity index (χ4n) is 11.1. The molecule has 5 heterocycles. The second-order valence-corrected chi connectivity index (χ2v) is 19.2. The molecule has 0 bridgehead atoms. The summed E-state index contributed by atoms with van der Waals surface area (Å²) in [5.41, 5.74) is -1.77. The van der Waals surface area contributed by atoms with Crippen molar-refractivity contribution in [1.82, 2.24) is 0 Å². The largest absolute Gasteiger partial charge is 0.509 e. The van der Waals surface area contributed by atoms with Crippen LogP contribution in [-0.4, -0.2) is 107 Å². The number of esters is 1. The molecule has 4 fully saturated rings. The van der Waals surface area contributed by atoms with E-state index >= 15 is 0 Å². The number of carbonyl (C=O) groups excluding carboxylic acids is 3. The van der Waals surface area contributed by atoms with E-state index in [1.807, 2.05) is 41.5 Å². The molecule has 61 heavy (non-hydrogen) atoms. The van der Waals surface area contributed by atoms with E-state index in [2.05, 4.69) is 26.7 Å². The van der Waals surface area contributed by atoms with Crippen molar-refractivity contribution in [3.63, 3.8) is 0 Å². The number of ketones is 1. The van der Waals surface area contributed by atoms with Crippen LogP contribution in [0.4, 0.5) is 4.79 Å². The highest BCUT2D eigenvalue weighted by Gasteiger charge is 2.64. The maximum atomic E-state index is 14.7. The molecule has 13 nitrogen and oxygen atoms in total. The number of rotatable bonds is 15. The average molecular weight is 861 g/mol. The number of aliphatic hydroxyl groups excluding tert-OH is 1. The molecule has 0 aliphatic carbocycles. The Morgan fingerprint density at radius 1 is 0.902 bits per heavy atom. The monoisotopic (exact) mass is 861 g/mol. The fourth-order valence-corrected chi connectivity index (χ4v) is 11.1. The predicted molar refractivity (Wildman–Crippen MR) is 227 cm³/mol. The molecule has 0 saturated carbocycles. The first-order valence-electron chi connectivity index (χ1n) is 23.2. The molecule has 0 aromatic heterocycles. The number of Topliss-reactive ketones (excluding diaryl/α,β-unsaturated/α-hetero) is 1. The number of ether oxygens (including phenoxy) is 8. The van der Waals surface area contributed by atoms with E-state index in [0.717, 1.165) is 6.42 Å². The van der Waals surface area contributed by atoms with Gasteiger partial charge in [0.2, 0.25) is 5.79 Å². The minimum atomic E-state index is -1.46. The molecule has 2 N–H and O–H groups in total. The molecule has 0 aromatic rings. The number of aliphatic hydroxyl groups is 2. The first-order chi connectivity index (χ1) is 28.8. The zero-order chi connectivity index (χ0) is 45.1. The molecule has 5 rings (SSSR count). The van der Waals surface area contributed by atoms with Gasteiger partial charge in [-0.2, -0.15) is 0 Å². The fraction of sp³-hybridized carbons (Fsp3) is 0.854. The second kappa shape index (κ2) is 20.1. The summed E-state index contributed by atoms with van der Waals surface area (Å²) in [6.07, 6.45) is 9.70. The lowest BCUT2D eigenvalue weighted by atomic mass is 9.72. The van der Waals surface area contributed by atoms with E-state index in [1.165, 1.54) is 0 Å². The van der Waals surface area contributed by atoms with Gasteiger partial charge < -0.3 is 48.1 Å². The third kappa shape index (κ3) is 10.1.